The Bertz CT molecular complexity index is 540. The maximum Gasteiger partial charge on any atom is 0.501 e. The molecule has 1 aromatic carbocycles. The molecule has 3 nitrogen and oxygen atoms in total. The predicted octanol–water partition coefficient (Wildman–Crippen LogP) is 3.44. The first-order chi connectivity index (χ1) is 9.25. The highest BCUT2D eigenvalue weighted by Crippen LogP contribution is 2.35. The summed E-state index contributed by atoms with van der Waals surface area (Å²) in [6.07, 6.45) is 0.664. The number of rotatable bonds is 6. The van der Waals surface area contributed by atoms with Crippen molar-refractivity contribution < 1.29 is 21.6 Å². The second-order valence-corrected chi connectivity index (χ2v) is 6.38. The number of alkyl halides is 4. The fourth-order valence-corrected chi connectivity index (χ4v) is 2.98. The summed E-state index contributed by atoms with van der Waals surface area (Å²) in [6.45, 7) is 2.55. The second kappa shape index (κ2) is 6.67. The van der Waals surface area contributed by atoms with E-state index in [-0.39, 0.29) is 18.1 Å². The summed E-state index contributed by atoms with van der Waals surface area (Å²) < 4.78 is 61.3. The molecule has 0 aromatic heterocycles. The SMILES string of the molecule is CCCN(CCCl)c1ccccc1S(=O)(=O)C(F)(F)F. The van der Waals surface area contributed by atoms with Crippen molar-refractivity contribution in [3.63, 3.8) is 0 Å². The van der Waals surface area contributed by atoms with Crippen LogP contribution >= 0.6 is 11.6 Å². The predicted molar refractivity (Wildman–Crippen MR) is 72.9 cm³/mol. The minimum absolute atomic E-state index is 0.0346. The third-order valence-corrected chi connectivity index (χ3v) is 4.35. The van der Waals surface area contributed by atoms with Crippen molar-refractivity contribution in [2.45, 2.75) is 23.7 Å². The molecule has 20 heavy (non-hydrogen) atoms. The van der Waals surface area contributed by atoms with Crippen molar-refractivity contribution >= 4 is 27.1 Å². The van der Waals surface area contributed by atoms with Crippen molar-refractivity contribution in [2.75, 3.05) is 23.9 Å². The third-order valence-electron chi connectivity index (χ3n) is 2.65. The molecule has 0 saturated heterocycles. The van der Waals surface area contributed by atoms with Crippen LogP contribution in [0.3, 0.4) is 0 Å². The van der Waals surface area contributed by atoms with Crippen LogP contribution in [0.2, 0.25) is 0 Å². The van der Waals surface area contributed by atoms with Crippen molar-refractivity contribution in [2.24, 2.45) is 0 Å². The van der Waals surface area contributed by atoms with E-state index in [1.165, 1.54) is 18.2 Å². The quantitative estimate of drug-likeness (QED) is 0.750. The van der Waals surface area contributed by atoms with Crippen molar-refractivity contribution in [3.05, 3.63) is 24.3 Å². The zero-order chi connectivity index (χ0) is 15.4. The summed E-state index contributed by atoms with van der Waals surface area (Å²) >= 11 is 5.63. The molecule has 0 aliphatic rings. The Morgan fingerprint density at radius 2 is 1.80 bits per heavy atom. The van der Waals surface area contributed by atoms with Gasteiger partial charge in [-0.25, -0.2) is 8.42 Å². The normalized spacial score (nSPS) is 12.4. The van der Waals surface area contributed by atoms with Crippen LogP contribution in [0.15, 0.2) is 29.2 Å². The fraction of sp³-hybridized carbons (Fsp3) is 0.500. The van der Waals surface area contributed by atoms with Crippen LogP contribution < -0.4 is 4.90 Å². The van der Waals surface area contributed by atoms with E-state index < -0.39 is 20.2 Å². The van der Waals surface area contributed by atoms with Gasteiger partial charge in [-0.15, -0.1) is 11.6 Å². The molecule has 0 aliphatic carbocycles. The van der Waals surface area contributed by atoms with Gasteiger partial charge in [0.25, 0.3) is 9.84 Å². The van der Waals surface area contributed by atoms with Gasteiger partial charge in [0, 0.05) is 19.0 Å². The lowest BCUT2D eigenvalue weighted by molar-refractivity contribution is -0.0435. The summed E-state index contributed by atoms with van der Waals surface area (Å²) in [6, 6.07) is 5.10. The minimum Gasteiger partial charge on any atom is -0.369 e. The van der Waals surface area contributed by atoms with Gasteiger partial charge in [0.05, 0.1) is 10.6 Å². The maximum absolute atomic E-state index is 12.7. The van der Waals surface area contributed by atoms with Gasteiger partial charge in [-0.05, 0) is 18.6 Å². The highest BCUT2D eigenvalue weighted by atomic mass is 35.5. The lowest BCUT2D eigenvalue weighted by Gasteiger charge is -2.26. The summed E-state index contributed by atoms with van der Waals surface area (Å²) in [4.78, 5) is 0.817. The van der Waals surface area contributed by atoms with E-state index in [1.54, 1.807) is 4.90 Å². The lowest BCUT2D eigenvalue weighted by atomic mass is 10.2. The van der Waals surface area contributed by atoms with Crippen molar-refractivity contribution in [1.29, 1.82) is 0 Å². The number of sulfone groups is 1. The van der Waals surface area contributed by atoms with Crippen LogP contribution in [0.5, 0.6) is 0 Å². The first-order valence-electron chi connectivity index (χ1n) is 5.97. The monoisotopic (exact) mass is 329 g/mol. The number of halogens is 4. The second-order valence-electron chi connectivity index (χ2n) is 4.09. The van der Waals surface area contributed by atoms with E-state index in [0.29, 0.717) is 13.0 Å². The van der Waals surface area contributed by atoms with Crippen LogP contribution in [0.25, 0.3) is 0 Å². The molecular formula is C12H15ClF3NO2S. The molecule has 0 bridgehead atoms. The smallest absolute Gasteiger partial charge is 0.369 e. The van der Waals surface area contributed by atoms with Gasteiger partial charge >= 0.3 is 5.51 Å². The molecule has 0 heterocycles. The topological polar surface area (TPSA) is 37.4 Å². The average Bonchev–Trinajstić information content (AvgIpc) is 2.37. The maximum atomic E-state index is 12.7. The zero-order valence-electron chi connectivity index (χ0n) is 10.8. The van der Waals surface area contributed by atoms with Gasteiger partial charge in [-0.3, -0.25) is 0 Å². The van der Waals surface area contributed by atoms with Crippen LogP contribution in [0, 0.1) is 0 Å². The number of para-hydroxylation sites is 1. The summed E-state index contributed by atoms with van der Waals surface area (Å²) in [5, 5.41) is 0. The van der Waals surface area contributed by atoms with Crippen LogP contribution in [0.4, 0.5) is 18.9 Å². The molecule has 0 radical (unpaired) electrons. The van der Waals surface area contributed by atoms with Crippen LogP contribution in [0.1, 0.15) is 13.3 Å². The van der Waals surface area contributed by atoms with Crippen molar-refractivity contribution in [1.82, 2.24) is 0 Å². The molecule has 0 aliphatic heterocycles. The zero-order valence-corrected chi connectivity index (χ0v) is 12.4. The highest BCUT2D eigenvalue weighted by molar-refractivity contribution is 7.92. The first kappa shape index (κ1) is 17.1. The largest absolute Gasteiger partial charge is 0.501 e. The molecule has 0 N–H and O–H groups in total. The molecule has 0 spiro atoms. The van der Waals surface area contributed by atoms with E-state index in [2.05, 4.69) is 0 Å². The molecule has 0 unspecified atom stereocenters. The van der Waals surface area contributed by atoms with Crippen LogP contribution in [-0.4, -0.2) is 32.9 Å². The first-order valence-corrected chi connectivity index (χ1v) is 7.98. The minimum atomic E-state index is -5.37. The number of hydrogen-bond donors (Lipinski definition) is 0. The standard InChI is InChI=1S/C12H15ClF3NO2S/c1-2-8-17(9-7-13)10-5-3-4-6-11(10)20(18,19)12(14,15)16/h3-6H,2,7-9H2,1H3. The van der Waals surface area contributed by atoms with Gasteiger partial charge in [-0.1, -0.05) is 19.1 Å². The molecule has 0 saturated carbocycles. The molecule has 0 fully saturated rings. The molecular weight excluding hydrogens is 315 g/mol. The average molecular weight is 330 g/mol. The Hall–Kier alpha value is -0.950. The molecule has 114 valence electrons. The Morgan fingerprint density at radius 3 is 2.30 bits per heavy atom. The fourth-order valence-electron chi connectivity index (χ4n) is 1.79. The summed E-state index contributed by atoms with van der Waals surface area (Å²) in [5.74, 6) is 0.195. The molecule has 0 atom stereocenters. The molecule has 1 aromatic rings. The van der Waals surface area contributed by atoms with Gasteiger partial charge in [0.15, 0.2) is 0 Å². The van der Waals surface area contributed by atoms with Crippen molar-refractivity contribution in [3.8, 4) is 0 Å². The van der Waals surface area contributed by atoms with E-state index in [1.807, 2.05) is 6.92 Å². The van der Waals surface area contributed by atoms with E-state index >= 15 is 0 Å². The molecule has 1 rings (SSSR count). The Kier molecular flexibility index (Phi) is 5.70. The van der Waals surface area contributed by atoms with E-state index in [0.717, 1.165) is 6.07 Å². The van der Waals surface area contributed by atoms with Gasteiger partial charge in [0.1, 0.15) is 0 Å². The number of hydrogen-bond acceptors (Lipinski definition) is 3. The number of anilines is 1. The van der Waals surface area contributed by atoms with Crippen LogP contribution in [-0.2, 0) is 9.84 Å². The highest BCUT2D eigenvalue weighted by Gasteiger charge is 2.48. The Morgan fingerprint density at radius 1 is 1.20 bits per heavy atom. The lowest BCUT2D eigenvalue weighted by Crippen LogP contribution is -2.30. The Balaban J connectivity index is 3.37. The van der Waals surface area contributed by atoms with Gasteiger partial charge in [0.2, 0.25) is 0 Å². The summed E-state index contributed by atoms with van der Waals surface area (Å²) in [5.41, 5.74) is -5.28. The number of nitrogens with zero attached hydrogens (tertiary/aromatic N) is 1. The van der Waals surface area contributed by atoms with E-state index in [4.69, 9.17) is 11.6 Å². The van der Waals surface area contributed by atoms with Gasteiger partial charge < -0.3 is 4.90 Å². The van der Waals surface area contributed by atoms with E-state index in [9.17, 15) is 21.6 Å². The molecule has 8 heteroatoms. The molecule has 0 amide bonds. The number of benzene rings is 1. The van der Waals surface area contributed by atoms with Gasteiger partial charge in [-0.2, -0.15) is 13.2 Å². The third kappa shape index (κ3) is 3.58. The summed E-state index contributed by atoms with van der Waals surface area (Å²) in [7, 11) is -5.37. The Labute approximate surface area is 121 Å².